The molecular formula is C22H22N4O3S. The summed E-state index contributed by atoms with van der Waals surface area (Å²) < 4.78 is 5.18. The van der Waals surface area contributed by atoms with E-state index in [2.05, 4.69) is 20.6 Å². The SMILES string of the molecule is COc1ccc(-c2nc(C)cc(SCC(=O)Nc3cccc(NC(C)=O)c3)n2)cc1. The van der Waals surface area contributed by atoms with Crippen LogP contribution in [0.4, 0.5) is 11.4 Å². The second-order valence-corrected chi connectivity index (χ2v) is 7.49. The molecule has 2 N–H and O–H groups in total. The van der Waals surface area contributed by atoms with Crippen molar-refractivity contribution in [3.63, 3.8) is 0 Å². The largest absolute Gasteiger partial charge is 0.497 e. The molecule has 3 rings (SSSR count). The number of hydrogen-bond donors (Lipinski definition) is 2. The van der Waals surface area contributed by atoms with Gasteiger partial charge in [0.05, 0.1) is 12.9 Å². The molecule has 0 fully saturated rings. The van der Waals surface area contributed by atoms with E-state index in [0.717, 1.165) is 22.0 Å². The van der Waals surface area contributed by atoms with Gasteiger partial charge in [-0.2, -0.15) is 0 Å². The number of benzene rings is 2. The number of rotatable bonds is 7. The zero-order valence-corrected chi connectivity index (χ0v) is 17.7. The van der Waals surface area contributed by atoms with Gasteiger partial charge in [-0.15, -0.1) is 0 Å². The second kappa shape index (κ2) is 9.89. The number of amides is 2. The lowest BCUT2D eigenvalue weighted by atomic mass is 10.2. The highest BCUT2D eigenvalue weighted by molar-refractivity contribution is 7.99. The van der Waals surface area contributed by atoms with Crippen LogP contribution in [0.3, 0.4) is 0 Å². The van der Waals surface area contributed by atoms with Crippen LogP contribution in [0.5, 0.6) is 5.75 Å². The first-order valence-electron chi connectivity index (χ1n) is 9.23. The van der Waals surface area contributed by atoms with E-state index < -0.39 is 0 Å². The average Bonchev–Trinajstić information content (AvgIpc) is 2.72. The van der Waals surface area contributed by atoms with Gasteiger partial charge < -0.3 is 15.4 Å². The number of ether oxygens (including phenoxy) is 1. The molecule has 2 amide bonds. The summed E-state index contributed by atoms with van der Waals surface area (Å²) in [6, 6.07) is 16.4. The van der Waals surface area contributed by atoms with Crippen molar-refractivity contribution in [3.05, 3.63) is 60.3 Å². The predicted molar refractivity (Wildman–Crippen MR) is 119 cm³/mol. The molecule has 0 unspecified atom stereocenters. The number of carbonyl (C=O) groups is 2. The van der Waals surface area contributed by atoms with Gasteiger partial charge in [-0.25, -0.2) is 9.97 Å². The van der Waals surface area contributed by atoms with Crippen molar-refractivity contribution in [1.82, 2.24) is 9.97 Å². The van der Waals surface area contributed by atoms with E-state index in [1.807, 2.05) is 37.3 Å². The van der Waals surface area contributed by atoms with Crippen molar-refractivity contribution in [2.24, 2.45) is 0 Å². The van der Waals surface area contributed by atoms with Crippen LogP contribution in [-0.4, -0.2) is 34.6 Å². The van der Waals surface area contributed by atoms with Gasteiger partial charge in [0.2, 0.25) is 11.8 Å². The molecule has 0 spiro atoms. The molecule has 0 saturated carbocycles. The Morgan fingerprint density at radius 1 is 1.00 bits per heavy atom. The Hall–Kier alpha value is -3.39. The summed E-state index contributed by atoms with van der Waals surface area (Å²) in [4.78, 5) is 32.6. The predicted octanol–water partition coefficient (Wildman–Crippen LogP) is 4.15. The van der Waals surface area contributed by atoms with E-state index in [1.54, 1.807) is 31.4 Å². The Bertz CT molecular complexity index is 1050. The van der Waals surface area contributed by atoms with Crippen molar-refractivity contribution in [1.29, 1.82) is 0 Å². The van der Waals surface area contributed by atoms with Crippen LogP contribution in [0.25, 0.3) is 11.4 Å². The monoisotopic (exact) mass is 422 g/mol. The number of thioether (sulfide) groups is 1. The molecular weight excluding hydrogens is 400 g/mol. The van der Waals surface area contributed by atoms with Gasteiger partial charge in [0.15, 0.2) is 5.82 Å². The zero-order valence-electron chi connectivity index (χ0n) is 16.9. The first kappa shape index (κ1) is 21.3. The summed E-state index contributed by atoms with van der Waals surface area (Å²) >= 11 is 1.34. The molecule has 0 aliphatic rings. The van der Waals surface area contributed by atoms with E-state index >= 15 is 0 Å². The lowest BCUT2D eigenvalue weighted by molar-refractivity contribution is -0.114. The van der Waals surface area contributed by atoms with Crippen LogP contribution in [0.15, 0.2) is 59.6 Å². The molecule has 2 aromatic carbocycles. The number of nitrogens with one attached hydrogen (secondary N) is 2. The molecule has 0 aliphatic heterocycles. The van der Waals surface area contributed by atoms with Gasteiger partial charge in [-0.1, -0.05) is 17.8 Å². The summed E-state index contributed by atoms with van der Waals surface area (Å²) in [7, 11) is 1.62. The minimum Gasteiger partial charge on any atom is -0.497 e. The van der Waals surface area contributed by atoms with Crippen molar-refractivity contribution in [2.75, 3.05) is 23.5 Å². The first-order chi connectivity index (χ1) is 14.4. The first-order valence-corrected chi connectivity index (χ1v) is 10.2. The minimum atomic E-state index is -0.166. The highest BCUT2D eigenvalue weighted by Gasteiger charge is 2.09. The van der Waals surface area contributed by atoms with Crippen LogP contribution in [-0.2, 0) is 9.59 Å². The normalized spacial score (nSPS) is 10.4. The standard InChI is InChI=1S/C22H22N4O3S/c1-14-11-21(26-22(23-14)16-7-9-19(29-3)10-8-16)30-13-20(28)25-18-6-4-5-17(12-18)24-15(2)27/h4-12H,13H2,1-3H3,(H,24,27)(H,25,28). The Labute approximate surface area is 179 Å². The van der Waals surface area contributed by atoms with Crippen molar-refractivity contribution in [2.45, 2.75) is 18.9 Å². The van der Waals surface area contributed by atoms with Gasteiger partial charge in [-0.05, 0) is 55.5 Å². The number of nitrogens with zero attached hydrogens (tertiary/aromatic N) is 2. The quantitative estimate of drug-likeness (QED) is 0.439. The van der Waals surface area contributed by atoms with E-state index in [1.165, 1.54) is 18.7 Å². The maximum atomic E-state index is 12.4. The summed E-state index contributed by atoms with van der Waals surface area (Å²) in [5, 5.41) is 6.24. The summed E-state index contributed by atoms with van der Waals surface area (Å²) in [6.45, 7) is 3.33. The number of aromatic nitrogens is 2. The zero-order chi connectivity index (χ0) is 21.5. The molecule has 1 aromatic heterocycles. The lowest BCUT2D eigenvalue weighted by Gasteiger charge is -2.09. The fraction of sp³-hybridized carbons (Fsp3) is 0.182. The Balaban J connectivity index is 1.64. The molecule has 3 aromatic rings. The topological polar surface area (TPSA) is 93.2 Å². The molecule has 1 heterocycles. The molecule has 8 heteroatoms. The number of aryl methyl sites for hydroxylation is 1. The summed E-state index contributed by atoms with van der Waals surface area (Å²) in [5.41, 5.74) is 2.94. The van der Waals surface area contributed by atoms with Gasteiger partial charge in [0.1, 0.15) is 10.8 Å². The number of carbonyl (C=O) groups excluding carboxylic acids is 2. The number of methoxy groups -OCH3 is 1. The van der Waals surface area contributed by atoms with Gasteiger partial charge >= 0.3 is 0 Å². The van der Waals surface area contributed by atoms with Gasteiger partial charge in [-0.3, -0.25) is 9.59 Å². The summed E-state index contributed by atoms with van der Waals surface area (Å²) in [6.07, 6.45) is 0. The maximum Gasteiger partial charge on any atom is 0.234 e. The fourth-order valence-corrected chi connectivity index (χ4v) is 3.45. The molecule has 0 bridgehead atoms. The molecule has 0 saturated heterocycles. The Morgan fingerprint density at radius 3 is 2.37 bits per heavy atom. The maximum absolute atomic E-state index is 12.4. The third-order valence-electron chi connectivity index (χ3n) is 4.00. The molecule has 0 aliphatic carbocycles. The minimum absolute atomic E-state index is 0.165. The third kappa shape index (κ3) is 6.05. The van der Waals surface area contributed by atoms with Crippen LogP contribution < -0.4 is 15.4 Å². The molecule has 7 nitrogen and oxygen atoms in total. The third-order valence-corrected chi connectivity index (χ3v) is 4.91. The van der Waals surface area contributed by atoms with E-state index in [0.29, 0.717) is 17.2 Å². The van der Waals surface area contributed by atoms with Gasteiger partial charge in [0.25, 0.3) is 0 Å². The molecule has 154 valence electrons. The van der Waals surface area contributed by atoms with Crippen LogP contribution >= 0.6 is 11.8 Å². The van der Waals surface area contributed by atoms with Crippen LogP contribution in [0.1, 0.15) is 12.6 Å². The van der Waals surface area contributed by atoms with Crippen LogP contribution in [0.2, 0.25) is 0 Å². The lowest BCUT2D eigenvalue weighted by Crippen LogP contribution is -2.14. The number of hydrogen-bond acceptors (Lipinski definition) is 6. The van der Waals surface area contributed by atoms with Crippen molar-refractivity contribution >= 4 is 35.0 Å². The number of anilines is 2. The van der Waals surface area contributed by atoms with Crippen molar-refractivity contribution in [3.8, 4) is 17.1 Å². The van der Waals surface area contributed by atoms with Crippen LogP contribution in [0, 0.1) is 6.92 Å². The molecule has 0 radical (unpaired) electrons. The van der Waals surface area contributed by atoms with E-state index in [4.69, 9.17) is 4.74 Å². The Kier molecular flexibility index (Phi) is 7.03. The average molecular weight is 423 g/mol. The highest BCUT2D eigenvalue weighted by atomic mass is 32.2. The van der Waals surface area contributed by atoms with Crippen molar-refractivity contribution < 1.29 is 14.3 Å². The van der Waals surface area contributed by atoms with E-state index in [-0.39, 0.29) is 17.6 Å². The Morgan fingerprint density at radius 2 is 1.70 bits per heavy atom. The smallest absolute Gasteiger partial charge is 0.234 e. The fourth-order valence-electron chi connectivity index (χ4n) is 2.70. The van der Waals surface area contributed by atoms with Gasteiger partial charge in [0, 0.05) is 29.6 Å². The second-order valence-electron chi connectivity index (χ2n) is 6.50. The molecule has 0 atom stereocenters. The summed E-state index contributed by atoms with van der Waals surface area (Å²) in [5.74, 6) is 1.23. The highest BCUT2D eigenvalue weighted by Crippen LogP contribution is 2.24. The molecule has 30 heavy (non-hydrogen) atoms. The van der Waals surface area contributed by atoms with E-state index in [9.17, 15) is 9.59 Å².